The van der Waals surface area contributed by atoms with Crippen molar-refractivity contribution in [3.63, 3.8) is 0 Å². The maximum atomic E-state index is 11.6. The van der Waals surface area contributed by atoms with Crippen molar-refractivity contribution in [3.8, 4) is 5.75 Å². The highest BCUT2D eigenvalue weighted by Crippen LogP contribution is 2.13. The largest absolute Gasteiger partial charge is 0.493 e. The second-order valence-corrected chi connectivity index (χ2v) is 5.69. The Morgan fingerprint density at radius 2 is 2.24 bits per heavy atom. The van der Waals surface area contributed by atoms with Gasteiger partial charge in [0.1, 0.15) is 11.5 Å². The molecule has 1 heterocycles. The normalized spacial score (nSPS) is 10.4. The van der Waals surface area contributed by atoms with Crippen molar-refractivity contribution < 1.29 is 14.1 Å². The summed E-state index contributed by atoms with van der Waals surface area (Å²) in [6.07, 6.45) is 0. The van der Waals surface area contributed by atoms with Crippen molar-refractivity contribution in [3.05, 3.63) is 41.7 Å². The maximum absolute atomic E-state index is 11.6. The lowest BCUT2D eigenvalue weighted by atomic mass is 10.2. The van der Waals surface area contributed by atoms with Crippen LogP contribution in [0, 0.1) is 13.8 Å². The van der Waals surface area contributed by atoms with Gasteiger partial charge in [0.25, 0.3) is 0 Å². The predicted molar refractivity (Wildman–Crippen MR) is 83.9 cm³/mol. The summed E-state index contributed by atoms with van der Waals surface area (Å²) >= 11 is 1.52. The van der Waals surface area contributed by atoms with Crippen LogP contribution < -0.4 is 10.1 Å². The molecule has 0 saturated heterocycles. The summed E-state index contributed by atoms with van der Waals surface area (Å²) in [4.78, 5) is 11.6. The second-order valence-electron chi connectivity index (χ2n) is 4.59. The summed E-state index contributed by atoms with van der Waals surface area (Å²) in [5, 5.41) is 6.38. The zero-order chi connectivity index (χ0) is 15.1. The number of aromatic nitrogens is 1. The number of hydrogen-bond donors (Lipinski definition) is 1. The molecule has 2 rings (SSSR count). The number of aryl methyl sites for hydroxylation is 2. The van der Waals surface area contributed by atoms with E-state index >= 15 is 0 Å². The number of amides is 1. The Bertz CT molecular complexity index is 598. The first-order valence-electron chi connectivity index (χ1n) is 6.64. The van der Waals surface area contributed by atoms with E-state index in [-0.39, 0.29) is 5.91 Å². The molecule has 1 aromatic carbocycles. The zero-order valence-corrected chi connectivity index (χ0v) is 12.9. The Hall–Kier alpha value is -1.95. The Morgan fingerprint density at radius 1 is 1.38 bits per heavy atom. The molecule has 0 aliphatic rings. The third-order valence-electron chi connectivity index (χ3n) is 2.61. The Labute approximate surface area is 128 Å². The van der Waals surface area contributed by atoms with E-state index in [0.29, 0.717) is 23.9 Å². The number of hydrogen-bond acceptors (Lipinski definition) is 5. The lowest BCUT2D eigenvalue weighted by molar-refractivity contribution is -0.113. The monoisotopic (exact) mass is 306 g/mol. The van der Waals surface area contributed by atoms with Crippen LogP contribution in [0.2, 0.25) is 0 Å². The SMILES string of the molecule is Cc1cccc(OCCSCC(=O)Nc2cc(C)on2)c1. The van der Waals surface area contributed by atoms with E-state index in [2.05, 4.69) is 10.5 Å². The number of anilines is 1. The van der Waals surface area contributed by atoms with Gasteiger partial charge in [0.05, 0.1) is 12.4 Å². The van der Waals surface area contributed by atoms with Gasteiger partial charge >= 0.3 is 0 Å². The number of carbonyl (C=O) groups is 1. The van der Waals surface area contributed by atoms with E-state index in [9.17, 15) is 4.79 Å². The number of ether oxygens (including phenoxy) is 1. The van der Waals surface area contributed by atoms with Gasteiger partial charge < -0.3 is 14.6 Å². The molecule has 1 amide bonds. The van der Waals surface area contributed by atoms with Crippen molar-refractivity contribution in [2.75, 3.05) is 23.4 Å². The predicted octanol–water partition coefficient (Wildman–Crippen LogP) is 3.04. The molecular weight excluding hydrogens is 288 g/mol. The molecule has 1 aromatic heterocycles. The van der Waals surface area contributed by atoms with Crippen LogP contribution in [0.15, 0.2) is 34.9 Å². The minimum atomic E-state index is -0.0937. The highest BCUT2D eigenvalue weighted by Gasteiger charge is 2.06. The molecule has 0 bridgehead atoms. The third kappa shape index (κ3) is 5.51. The molecule has 0 atom stereocenters. The molecule has 0 fully saturated rings. The van der Waals surface area contributed by atoms with E-state index in [1.807, 2.05) is 31.2 Å². The highest BCUT2D eigenvalue weighted by molar-refractivity contribution is 7.99. The lowest BCUT2D eigenvalue weighted by Gasteiger charge is -2.06. The first kappa shape index (κ1) is 15.4. The van der Waals surface area contributed by atoms with Gasteiger partial charge in [-0.1, -0.05) is 17.3 Å². The minimum absolute atomic E-state index is 0.0937. The molecular formula is C15H18N2O3S. The fraction of sp³-hybridized carbons (Fsp3) is 0.333. The molecule has 0 radical (unpaired) electrons. The molecule has 0 unspecified atom stereocenters. The molecule has 0 saturated carbocycles. The van der Waals surface area contributed by atoms with E-state index in [1.165, 1.54) is 17.3 Å². The first-order valence-corrected chi connectivity index (χ1v) is 7.79. The third-order valence-corrected chi connectivity index (χ3v) is 3.54. The number of thioether (sulfide) groups is 1. The first-order chi connectivity index (χ1) is 10.1. The molecule has 1 N–H and O–H groups in total. The summed E-state index contributed by atoms with van der Waals surface area (Å²) < 4.78 is 10.5. The van der Waals surface area contributed by atoms with Gasteiger partial charge in [0.2, 0.25) is 5.91 Å². The highest BCUT2D eigenvalue weighted by atomic mass is 32.2. The Kier molecular flexibility index (Phi) is 5.68. The van der Waals surface area contributed by atoms with E-state index < -0.39 is 0 Å². The molecule has 2 aromatic rings. The lowest BCUT2D eigenvalue weighted by Crippen LogP contribution is -2.15. The van der Waals surface area contributed by atoms with Gasteiger partial charge in [-0.25, -0.2) is 0 Å². The molecule has 0 aliphatic carbocycles. The number of nitrogens with one attached hydrogen (secondary N) is 1. The average molecular weight is 306 g/mol. The Morgan fingerprint density at radius 3 is 2.95 bits per heavy atom. The molecule has 5 nitrogen and oxygen atoms in total. The van der Waals surface area contributed by atoms with Gasteiger partial charge in [0.15, 0.2) is 5.82 Å². The molecule has 0 aliphatic heterocycles. The minimum Gasteiger partial charge on any atom is -0.493 e. The Balaban J connectivity index is 1.60. The van der Waals surface area contributed by atoms with Crippen molar-refractivity contribution >= 4 is 23.5 Å². The van der Waals surface area contributed by atoms with Crippen LogP contribution in [-0.2, 0) is 4.79 Å². The van der Waals surface area contributed by atoms with Gasteiger partial charge in [-0.15, -0.1) is 11.8 Å². The smallest absolute Gasteiger partial charge is 0.235 e. The summed E-state index contributed by atoms with van der Waals surface area (Å²) in [5.74, 6) is 3.00. The summed E-state index contributed by atoms with van der Waals surface area (Å²) in [5.41, 5.74) is 1.17. The molecule has 0 spiro atoms. The number of rotatable bonds is 7. The van der Waals surface area contributed by atoms with Crippen LogP contribution >= 0.6 is 11.8 Å². The fourth-order valence-corrected chi connectivity index (χ4v) is 2.30. The molecule has 6 heteroatoms. The van der Waals surface area contributed by atoms with Crippen LogP contribution in [-0.4, -0.2) is 29.2 Å². The van der Waals surface area contributed by atoms with Crippen LogP contribution in [0.1, 0.15) is 11.3 Å². The van der Waals surface area contributed by atoms with Crippen LogP contribution in [0.4, 0.5) is 5.82 Å². The van der Waals surface area contributed by atoms with Gasteiger partial charge in [-0.3, -0.25) is 4.79 Å². The van der Waals surface area contributed by atoms with Crippen LogP contribution in [0.25, 0.3) is 0 Å². The maximum Gasteiger partial charge on any atom is 0.235 e. The van der Waals surface area contributed by atoms with Gasteiger partial charge in [0, 0.05) is 11.8 Å². The van der Waals surface area contributed by atoms with Gasteiger partial charge in [-0.2, -0.15) is 0 Å². The van der Waals surface area contributed by atoms with E-state index in [0.717, 1.165) is 11.5 Å². The van der Waals surface area contributed by atoms with Crippen molar-refractivity contribution in [2.24, 2.45) is 0 Å². The molecule has 21 heavy (non-hydrogen) atoms. The van der Waals surface area contributed by atoms with Crippen molar-refractivity contribution in [1.29, 1.82) is 0 Å². The van der Waals surface area contributed by atoms with Crippen LogP contribution in [0.5, 0.6) is 5.75 Å². The second kappa shape index (κ2) is 7.73. The van der Waals surface area contributed by atoms with E-state index in [4.69, 9.17) is 9.26 Å². The molecule has 112 valence electrons. The summed E-state index contributed by atoms with van der Waals surface area (Å²) in [6.45, 7) is 4.38. The van der Waals surface area contributed by atoms with Crippen molar-refractivity contribution in [1.82, 2.24) is 5.16 Å². The summed E-state index contributed by atoms with van der Waals surface area (Å²) in [7, 11) is 0. The van der Waals surface area contributed by atoms with Crippen LogP contribution in [0.3, 0.4) is 0 Å². The average Bonchev–Trinajstić information content (AvgIpc) is 2.84. The van der Waals surface area contributed by atoms with Gasteiger partial charge in [-0.05, 0) is 31.5 Å². The number of nitrogens with zero attached hydrogens (tertiary/aromatic N) is 1. The standard InChI is InChI=1S/C15H18N2O3S/c1-11-4-3-5-13(8-11)19-6-7-21-10-15(18)16-14-9-12(2)20-17-14/h3-5,8-9H,6-7,10H2,1-2H3,(H,16,17,18). The summed E-state index contributed by atoms with van der Waals surface area (Å²) in [6, 6.07) is 9.59. The van der Waals surface area contributed by atoms with Crippen molar-refractivity contribution in [2.45, 2.75) is 13.8 Å². The number of carbonyl (C=O) groups excluding carboxylic acids is 1. The number of benzene rings is 1. The quantitative estimate of drug-likeness (QED) is 0.797. The zero-order valence-electron chi connectivity index (χ0n) is 12.1. The van der Waals surface area contributed by atoms with E-state index in [1.54, 1.807) is 13.0 Å². The fourth-order valence-electron chi connectivity index (χ4n) is 1.69. The topological polar surface area (TPSA) is 64.4 Å².